The Balaban J connectivity index is 0.00000340. The van der Waals surface area contributed by atoms with E-state index in [9.17, 15) is 79.5 Å². The number of phenolic OH excluding ortho intramolecular Hbond substituents is 2. The Bertz CT molecular complexity index is 5440. The molecule has 0 amide bonds. The Morgan fingerprint density at radius 3 is 1.31 bits per heavy atom. The summed E-state index contributed by atoms with van der Waals surface area (Å²) in [6.45, 7) is 0.409. The van der Waals surface area contributed by atoms with E-state index >= 15 is 4.39 Å². The fraction of sp³-hybridized carbons (Fsp3) is 0.0769. The number of hydrogen-bond donors (Lipinski definition) is 6. The molecule has 0 aliphatic rings. The van der Waals surface area contributed by atoms with Crippen LogP contribution < -0.4 is 199 Å². The van der Waals surface area contributed by atoms with Crippen LogP contribution in [0.3, 0.4) is 0 Å². The predicted octanol–water partition coefficient (Wildman–Crippen LogP) is -7.56. The van der Waals surface area contributed by atoms with Crippen molar-refractivity contribution in [1.29, 1.82) is 0 Å². The molecule has 46 heteroatoms. The molecule has 10 aromatic rings. The molecule has 0 bridgehead atoms. The zero-order chi connectivity index (χ0) is 66.4. The molecule has 0 unspecified atom stereocenters. The molecule has 98 heavy (non-hydrogen) atoms. The van der Waals surface area contributed by atoms with Crippen molar-refractivity contribution in [1.82, 2.24) is 19.9 Å². The van der Waals surface area contributed by atoms with Gasteiger partial charge in [-0.05, 0) is 60.0 Å². The molecule has 29 nitrogen and oxygen atoms in total. The van der Waals surface area contributed by atoms with Gasteiger partial charge in [0.2, 0.25) is 23.8 Å². The van der Waals surface area contributed by atoms with Gasteiger partial charge in [-0.3, -0.25) is 0 Å². The van der Waals surface area contributed by atoms with E-state index in [1.807, 2.05) is 0 Å². The Hall–Kier alpha value is -2.35. The number of halogens is 4. The second-order valence-corrected chi connectivity index (χ2v) is 28.9. The van der Waals surface area contributed by atoms with Crippen LogP contribution in [0.2, 0.25) is 10.0 Å². The average Bonchev–Trinajstić information content (AvgIpc) is 0.768. The summed E-state index contributed by atoms with van der Waals surface area (Å²) in [4.78, 5) is 11.0. The maximum Gasteiger partial charge on any atom is 1.00 e. The third-order valence-electron chi connectivity index (χ3n) is 12.8. The summed E-state index contributed by atoms with van der Waals surface area (Å²) in [5, 5.41) is 46.2. The Kier molecular flexibility index (Phi) is 32.4. The molecule has 0 atom stereocenters. The second-order valence-electron chi connectivity index (χ2n) is 18.7. The summed E-state index contributed by atoms with van der Waals surface area (Å²) in [6.07, 6.45) is 0. The second kappa shape index (κ2) is 36.1. The van der Waals surface area contributed by atoms with E-state index in [4.69, 9.17) is 23.2 Å². The summed E-state index contributed by atoms with van der Waals surface area (Å²) in [7, 11) is -23.9. The molecule has 0 radical (unpaired) electrons. The van der Waals surface area contributed by atoms with E-state index in [0.717, 1.165) is 66.7 Å². The van der Waals surface area contributed by atoms with Crippen LogP contribution in [0.1, 0.15) is 0 Å². The standard InChI is InChI=1S/C52H37Cl2F2N12O17S7.6Na/c53-40-47(55)61-51(63-49(40)59-26-8-10-28-24(21-26)7-14-34(43(28)69)65-66-35-15-12-30-32(45(35)91(80,81)82)3-1-5-37(30)88(71,72)73)57-17-19-86-87-20-18-58-52-62-48(56)41(54)50(64-52)60-27-9-11-29-25(22-27)23-39(90(77,78)79)42(44(29)70)68-67-36-16-13-31-33(46(36)92(83,84)85)4-2-6-38(31)89(74,75)76;;;;;;/h1-13,15-16,21-23,69-70H,17-20H2,(H,71,72,73)(H,74,75,76)(H,77,78,79)(H,80,81,82)(H,83,84,85)(H2,57,59,61,63)(H2,58,60,62,64);;;;;;/q-1;6*+1/p-5. The Labute approximate surface area is 706 Å². The number of nitrogens with one attached hydrogen (secondary N) is 4. The molecular weight excluding hydrogens is 1540 g/mol. The van der Waals surface area contributed by atoms with Gasteiger partial charge in [-0.1, -0.05) is 98.7 Å². The van der Waals surface area contributed by atoms with E-state index in [-0.39, 0.29) is 247 Å². The minimum absolute atomic E-state index is 0. The number of rotatable bonds is 22. The molecule has 2 aromatic heterocycles. The quantitative estimate of drug-likeness (QED) is 0.00698. The molecule has 0 spiro atoms. The normalized spacial score (nSPS) is 11.9. The van der Waals surface area contributed by atoms with Crippen molar-refractivity contribution in [3.8, 4) is 11.5 Å². The van der Waals surface area contributed by atoms with Crippen LogP contribution in [0.25, 0.3) is 43.1 Å². The minimum Gasteiger partial charge on any atom is -0.744 e. The third-order valence-corrected chi connectivity index (χ3v) is 20.4. The number of anilines is 6. The number of phenols is 2. The van der Waals surface area contributed by atoms with Gasteiger partial charge in [0.15, 0.2) is 17.4 Å². The molecule has 478 valence electrons. The fourth-order valence-corrected chi connectivity index (χ4v) is 14.7. The zero-order valence-corrected chi connectivity index (χ0v) is 70.4. The maximum absolute atomic E-state index is 15.1. The van der Waals surface area contributed by atoms with Crippen molar-refractivity contribution in [2.24, 2.45) is 20.5 Å². The molecule has 0 aliphatic carbocycles. The first-order valence-corrected chi connectivity index (χ1v) is 35.5. The van der Waals surface area contributed by atoms with Crippen molar-refractivity contribution in [3.63, 3.8) is 0 Å². The van der Waals surface area contributed by atoms with Crippen LogP contribution in [0.15, 0.2) is 154 Å². The molecule has 0 saturated carbocycles. The van der Waals surface area contributed by atoms with Crippen molar-refractivity contribution in [3.05, 3.63) is 137 Å². The van der Waals surface area contributed by atoms with Crippen LogP contribution in [-0.2, 0) is 50.6 Å². The molecule has 6 N–H and O–H groups in total. The average molecular weight is 1570 g/mol. The van der Waals surface area contributed by atoms with Gasteiger partial charge in [0.05, 0.1) is 24.5 Å². The van der Waals surface area contributed by atoms with Gasteiger partial charge in [0, 0.05) is 74.3 Å². The van der Waals surface area contributed by atoms with Crippen molar-refractivity contribution in [2.45, 2.75) is 24.5 Å². The first-order chi connectivity index (χ1) is 43.3. The molecule has 2 heterocycles. The van der Waals surface area contributed by atoms with Gasteiger partial charge < -0.3 is 54.2 Å². The van der Waals surface area contributed by atoms with Crippen molar-refractivity contribution >= 4 is 196 Å². The van der Waals surface area contributed by atoms with Crippen molar-refractivity contribution < 1.29 is 261 Å². The van der Waals surface area contributed by atoms with Crippen LogP contribution >= 0.6 is 44.8 Å². The number of fused-ring (bicyclic) bond motifs is 4. The van der Waals surface area contributed by atoms with Crippen LogP contribution in [0, 0.1) is 18.0 Å². The van der Waals surface area contributed by atoms with E-state index < -0.39 is 142 Å². The molecule has 10 rings (SSSR count). The largest absolute Gasteiger partial charge is 1.00 e. The van der Waals surface area contributed by atoms with Gasteiger partial charge in [-0.2, -0.15) is 51.1 Å². The summed E-state index contributed by atoms with van der Waals surface area (Å²) in [6, 6.07) is 22.8. The van der Waals surface area contributed by atoms with Crippen molar-refractivity contribution in [2.75, 3.05) is 45.9 Å². The van der Waals surface area contributed by atoms with Crippen LogP contribution in [0.4, 0.5) is 66.4 Å². The maximum atomic E-state index is 15.1. The van der Waals surface area contributed by atoms with E-state index in [0.29, 0.717) is 22.6 Å². The monoisotopic (exact) mass is 1570 g/mol. The molecule has 0 saturated heterocycles. The Morgan fingerprint density at radius 2 is 0.878 bits per heavy atom. The molecular formula is C52H32Cl2F2N12Na6O17S7. The summed E-state index contributed by atoms with van der Waals surface area (Å²) < 4.78 is 213. The predicted molar refractivity (Wildman–Crippen MR) is 329 cm³/mol. The number of azo groups is 2. The van der Waals surface area contributed by atoms with Gasteiger partial charge in [-0.15, -0.1) is 15.6 Å². The SMILES string of the molecule is O=S(=O)([O-])c1cc2cc(Nc3nc(NCCSSCCNc4nc(F)c(Cl)c(Nc5ccc6c(O)c(N=Nc7ccc8c(S(=O)(=O)[O-])cccc8c7S(=O)(=O)[O-])[c-]cc6c5)n4)nc(F)c3Cl)ccc2c(O)c1N=Nc1ccc2c(S(=O)(=O)[O-])cccc2c1S(=O)(=O)[O-].[Na+].[Na+].[Na+].[Na+].[Na+].[Na+]. The summed E-state index contributed by atoms with van der Waals surface area (Å²) >= 11 is 12.4. The smallest absolute Gasteiger partial charge is 0.744 e. The third kappa shape index (κ3) is 20.6. The first-order valence-electron chi connectivity index (χ1n) is 25.2. The van der Waals surface area contributed by atoms with Gasteiger partial charge >= 0.3 is 177 Å². The van der Waals surface area contributed by atoms with E-state index in [1.165, 1.54) is 64.1 Å². The van der Waals surface area contributed by atoms with Crippen LogP contribution in [-0.4, -0.2) is 120 Å². The number of nitrogens with zero attached hydrogens (tertiary/aromatic N) is 8. The number of benzene rings is 8. The van der Waals surface area contributed by atoms with Gasteiger partial charge in [0.25, 0.3) is 0 Å². The number of hydrogen-bond acceptors (Lipinski definition) is 31. The van der Waals surface area contributed by atoms with Gasteiger partial charge in [0.1, 0.15) is 77.7 Å². The number of aromatic nitrogens is 4. The van der Waals surface area contributed by atoms with E-state index in [1.54, 1.807) is 0 Å². The van der Waals surface area contributed by atoms with Crippen LogP contribution in [0.5, 0.6) is 11.5 Å². The summed E-state index contributed by atoms with van der Waals surface area (Å²) in [5.74, 6) is -3.61. The topological polar surface area (TPSA) is 476 Å². The van der Waals surface area contributed by atoms with E-state index in [2.05, 4.69) is 67.7 Å². The zero-order valence-electron chi connectivity index (χ0n) is 51.2. The Morgan fingerprint density at radius 1 is 0.469 bits per heavy atom. The first kappa shape index (κ1) is 88.1. The minimum atomic E-state index is -5.53. The molecule has 8 aromatic carbocycles. The summed E-state index contributed by atoms with van der Waals surface area (Å²) in [5.41, 5.74) is -2.21. The molecule has 0 aliphatic heterocycles. The van der Waals surface area contributed by atoms with Gasteiger partial charge in [-0.25, -0.2) is 42.1 Å². The fourth-order valence-electron chi connectivity index (χ4n) is 8.98. The number of aromatic hydroxyl groups is 2. The molecule has 0 fully saturated rings.